The van der Waals surface area contributed by atoms with E-state index in [0.29, 0.717) is 28.6 Å². The van der Waals surface area contributed by atoms with Crippen molar-refractivity contribution < 1.29 is 22.8 Å². The average molecular weight is 451 g/mol. The summed E-state index contributed by atoms with van der Waals surface area (Å²) in [6, 6.07) is 16.7. The van der Waals surface area contributed by atoms with Crippen molar-refractivity contribution in [2.75, 3.05) is 17.6 Å². The first-order valence-corrected chi connectivity index (χ1v) is 12.0. The molecule has 0 saturated carbocycles. The summed E-state index contributed by atoms with van der Waals surface area (Å²) in [4.78, 5) is 39.4. The van der Waals surface area contributed by atoms with Crippen LogP contribution >= 0.6 is 0 Å². The predicted octanol–water partition coefficient (Wildman–Crippen LogP) is 3.65. The largest absolute Gasteiger partial charge is 0.326 e. The number of sulfone groups is 1. The summed E-state index contributed by atoms with van der Waals surface area (Å²) in [5.74, 6) is -0.985. The van der Waals surface area contributed by atoms with Crippen LogP contribution in [0.5, 0.6) is 0 Å². The molecule has 0 aromatic heterocycles. The lowest BCUT2D eigenvalue weighted by Gasteiger charge is -2.27. The summed E-state index contributed by atoms with van der Waals surface area (Å²) in [5.41, 5.74) is 1.46. The number of hydrogen-bond acceptors (Lipinski definition) is 5. The molecule has 7 nitrogen and oxygen atoms in total. The average Bonchev–Trinajstić information content (AvgIpc) is 2.80. The van der Waals surface area contributed by atoms with Gasteiger partial charge in [0.05, 0.1) is 10.6 Å². The molecule has 0 unspecified atom stereocenters. The third-order valence-electron chi connectivity index (χ3n) is 5.52. The number of benzene rings is 3. The Morgan fingerprint density at radius 3 is 2.06 bits per heavy atom. The number of nitrogens with zero attached hydrogens (tertiary/aromatic N) is 1. The van der Waals surface area contributed by atoms with Gasteiger partial charge in [-0.1, -0.05) is 31.2 Å². The highest BCUT2D eigenvalue weighted by Gasteiger charge is 2.32. The lowest BCUT2D eigenvalue weighted by Crippen LogP contribution is -2.41. The maximum absolute atomic E-state index is 12.9. The monoisotopic (exact) mass is 450 g/mol. The van der Waals surface area contributed by atoms with E-state index in [4.69, 9.17) is 0 Å². The zero-order chi connectivity index (χ0) is 22.9. The molecule has 1 aliphatic rings. The summed E-state index contributed by atoms with van der Waals surface area (Å²) >= 11 is 0. The second kappa shape index (κ2) is 8.55. The predicted molar refractivity (Wildman–Crippen MR) is 121 cm³/mol. The molecule has 164 valence electrons. The van der Waals surface area contributed by atoms with E-state index in [1.165, 1.54) is 29.2 Å². The molecular formula is C24H22N2O5S. The molecule has 0 bridgehead atoms. The molecule has 3 aromatic carbocycles. The van der Waals surface area contributed by atoms with Crippen molar-refractivity contribution in [1.29, 1.82) is 0 Å². The van der Waals surface area contributed by atoms with Gasteiger partial charge in [0, 0.05) is 35.2 Å². The van der Waals surface area contributed by atoms with Gasteiger partial charge in [-0.3, -0.25) is 19.3 Å². The van der Waals surface area contributed by atoms with Gasteiger partial charge in [0.2, 0.25) is 5.91 Å². The van der Waals surface area contributed by atoms with E-state index in [9.17, 15) is 22.8 Å². The number of nitrogens with one attached hydrogen (secondary N) is 1. The normalized spacial score (nSPS) is 13.5. The highest BCUT2D eigenvalue weighted by Crippen LogP contribution is 2.30. The minimum atomic E-state index is -3.30. The third-order valence-corrected chi connectivity index (χ3v) is 7.27. The maximum atomic E-state index is 12.9. The van der Waals surface area contributed by atoms with Crippen LogP contribution < -0.4 is 5.32 Å². The Morgan fingerprint density at radius 1 is 0.906 bits per heavy atom. The fourth-order valence-corrected chi connectivity index (χ4v) is 4.70. The number of imide groups is 1. The van der Waals surface area contributed by atoms with Crippen LogP contribution in [-0.4, -0.2) is 43.3 Å². The van der Waals surface area contributed by atoms with Crippen molar-refractivity contribution in [1.82, 2.24) is 4.90 Å². The summed E-state index contributed by atoms with van der Waals surface area (Å²) in [5, 5.41) is 4.23. The van der Waals surface area contributed by atoms with Crippen molar-refractivity contribution >= 4 is 44.0 Å². The first-order chi connectivity index (χ1) is 15.3. The third kappa shape index (κ3) is 4.01. The minimum absolute atomic E-state index is 0.00558. The van der Waals surface area contributed by atoms with Crippen molar-refractivity contribution in [2.45, 2.75) is 24.7 Å². The van der Waals surface area contributed by atoms with Crippen LogP contribution in [0.1, 0.15) is 40.5 Å². The van der Waals surface area contributed by atoms with Gasteiger partial charge >= 0.3 is 0 Å². The van der Waals surface area contributed by atoms with Crippen LogP contribution in [0.25, 0.3) is 10.8 Å². The molecule has 3 aromatic rings. The van der Waals surface area contributed by atoms with Crippen LogP contribution in [0.3, 0.4) is 0 Å². The second-order valence-electron chi connectivity index (χ2n) is 7.55. The Kier molecular flexibility index (Phi) is 5.80. The van der Waals surface area contributed by atoms with Gasteiger partial charge in [-0.25, -0.2) is 8.42 Å². The maximum Gasteiger partial charge on any atom is 0.261 e. The molecule has 0 atom stereocenters. The fraction of sp³-hybridized carbons (Fsp3) is 0.208. The zero-order valence-electron chi connectivity index (χ0n) is 17.5. The van der Waals surface area contributed by atoms with E-state index in [-0.39, 0.29) is 41.3 Å². The zero-order valence-corrected chi connectivity index (χ0v) is 18.3. The minimum Gasteiger partial charge on any atom is -0.326 e. The molecule has 32 heavy (non-hydrogen) atoms. The van der Waals surface area contributed by atoms with E-state index < -0.39 is 9.84 Å². The van der Waals surface area contributed by atoms with Crippen LogP contribution in [0.15, 0.2) is 65.6 Å². The standard InChI is InChI=1S/C24H22N2O5S/c1-2-32(30,31)18-13-11-17(12-14-18)25-21(27)10-5-15-26-23(28)19-8-3-6-16-7-4-9-20(22(16)19)24(26)29/h3-4,6-9,11-14H,2,5,10,15H2,1H3,(H,25,27). The van der Waals surface area contributed by atoms with Gasteiger partial charge in [-0.05, 0) is 48.2 Å². The number of hydrogen-bond donors (Lipinski definition) is 1. The van der Waals surface area contributed by atoms with E-state index in [1.54, 1.807) is 31.2 Å². The summed E-state index contributed by atoms with van der Waals surface area (Å²) in [6.45, 7) is 1.70. The van der Waals surface area contributed by atoms with E-state index in [1.807, 2.05) is 12.1 Å². The molecule has 1 aliphatic heterocycles. The molecule has 0 radical (unpaired) electrons. The van der Waals surface area contributed by atoms with Gasteiger partial charge in [0.15, 0.2) is 9.84 Å². The number of amides is 3. The lowest BCUT2D eigenvalue weighted by atomic mass is 9.94. The van der Waals surface area contributed by atoms with E-state index >= 15 is 0 Å². The molecule has 0 fully saturated rings. The quantitative estimate of drug-likeness (QED) is 0.554. The van der Waals surface area contributed by atoms with Gasteiger partial charge < -0.3 is 5.32 Å². The Bertz CT molecular complexity index is 1280. The highest BCUT2D eigenvalue weighted by atomic mass is 32.2. The number of carbonyl (C=O) groups is 3. The number of carbonyl (C=O) groups excluding carboxylic acids is 3. The molecule has 4 rings (SSSR count). The van der Waals surface area contributed by atoms with Crippen molar-refractivity contribution in [3.8, 4) is 0 Å². The van der Waals surface area contributed by atoms with Gasteiger partial charge in [-0.2, -0.15) is 0 Å². The SMILES string of the molecule is CCS(=O)(=O)c1ccc(NC(=O)CCCN2C(=O)c3cccc4cccc(c34)C2=O)cc1. The van der Waals surface area contributed by atoms with Crippen LogP contribution in [0.2, 0.25) is 0 Å². The van der Waals surface area contributed by atoms with Crippen LogP contribution in [0.4, 0.5) is 5.69 Å². The van der Waals surface area contributed by atoms with Crippen molar-refractivity contribution in [2.24, 2.45) is 0 Å². The van der Waals surface area contributed by atoms with Crippen LogP contribution in [0, 0.1) is 0 Å². The molecule has 0 spiro atoms. The molecule has 0 saturated heterocycles. The fourth-order valence-electron chi connectivity index (χ4n) is 3.82. The smallest absolute Gasteiger partial charge is 0.261 e. The Morgan fingerprint density at radius 2 is 1.50 bits per heavy atom. The van der Waals surface area contributed by atoms with Gasteiger partial charge in [0.25, 0.3) is 11.8 Å². The summed E-state index contributed by atoms with van der Waals surface area (Å²) in [6.07, 6.45) is 0.418. The summed E-state index contributed by atoms with van der Waals surface area (Å²) < 4.78 is 23.7. The van der Waals surface area contributed by atoms with E-state index in [0.717, 1.165) is 5.39 Å². The topological polar surface area (TPSA) is 101 Å². The number of anilines is 1. The Labute approximate surface area is 186 Å². The van der Waals surface area contributed by atoms with Crippen molar-refractivity contribution in [3.05, 3.63) is 71.8 Å². The van der Waals surface area contributed by atoms with Gasteiger partial charge in [-0.15, -0.1) is 0 Å². The molecule has 1 N–H and O–H groups in total. The molecule has 0 aliphatic carbocycles. The first-order valence-electron chi connectivity index (χ1n) is 10.3. The highest BCUT2D eigenvalue weighted by molar-refractivity contribution is 7.91. The molecule has 3 amide bonds. The molecular weight excluding hydrogens is 428 g/mol. The van der Waals surface area contributed by atoms with Crippen LogP contribution in [-0.2, 0) is 14.6 Å². The second-order valence-corrected chi connectivity index (χ2v) is 9.83. The lowest BCUT2D eigenvalue weighted by molar-refractivity contribution is -0.116. The van der Waals surface area contributed by atoms with Crippen molar-refractivity contribution in [3.63, 3.8) is 0 Å². The molecule has 8 heteroatoms. The Hall–Kier alpha value is -3.52. The molecule has 1 heterocycles. The van der Waals surface area contributed by atoms with E-state index in [2.05, 4.69) is 5.32 Å². The summed E-state index contributed by atoms with van der Waals surface area (Å²) in [7, 11) is -3.30. The first kappa shape index (κ1) is 21.7. The number of rotatable bonds is 7. The van der Waals surface area contributed by atoms with Gasteiger partial charge in [0.1, 0.15) is 0 Å². The Balaban J connectivity index is 1.38.